The minimum atomic E-state index is -4.65. The van der Waals surface area contributed by atoms with E-state index in [-0.39, 0.29) is 16.7 Å². The van der Waals surface area contributed by atoms with E-state index in [4.69, 9.17) is 11.6 Å². The predicted molar refractivity (Wildman–Crippen MR) is 93.5 cm³/mol. The Labute approximate surface area is 153 Å². The highest BCUT2D eigenvalue weighted by Crippen LogP contribution is 2.36. The lowest BCUT2D eigenvalue weighted by atomic mass is 10.1. The Morgan fingerprint density at radius 3 is 2.65 bits per heavy atom. The minimum Gasteiger partial charge on any atom is -0.353 e. The zero-order chi connectivity index (χ0) is 19.3. The van der Waals surface area contributed by atoms with E-state index in [1.807, 2.05) is 19.0 Å². The van der Waals surface area contributed by atoms with Crippen LogP contribution in [0.15, 0.2) is 30.5 Å². The number of nitrogens with zero attached hydrogens (tertiary/aromatic N) is 3. The summed E-state index contributed by atoms with van der Waals surface area (Å²) in [6.07, 6.45) is -3.30. The molecule has 0 saturated carbocycles. The number of likely N-dealkylation sites (N-methyl/N-ethyl adjacent to an activating group) is 1. The minimum absolute atomic E-state index is 0.0598. The summed E-state index contributed by atoms with van der Waals surface area (Å²) in [6, 6.07) is 4.43. The number of carbonyl (C=O) groups excluding carboxylic acids is 1. The van der Waals surface area contributed by atoms with Crippen molar-refractivity contribution >= 4 is 29.1 Å². The number of rotatable bonds is 6. The van der Waals surface area contributed by atoms with E-state index in [1.54, 1.807) is 0 Å². The van der Waals surface area contributed by atoms with Gasteiger partial charge < -0.3 is 15.5 Å². The molecule has 2 N–H and O–H groups in total. The third-order valence-electron chi connectivity index (χ3n) is 3.27. The summed E-state index contributed by atoms with van der Waals surface area (Å²) in [7, 11) is 3.80. The summed E-state index contributed by atoms with van der Waals surface area (Å²) < 4.78 is 39.3. The fourth-order valence-electron chi connectivity index (χ4n) is 2.01. The molecule has 1 amide bonds. The number of anilines is 2. The average Bonchev–Trinajstić information content (AvgIpc) is 2.55. The van der Waals surface area contributed by atoms with Gasteiger partial charge in [-0.05, 0) is 38.4 Å². The first-order chi connectivity index (χ1) is 12.2. The zero-order valence-electron chi connectivity index (χ0n) is 14.1. The number of nitrogens with one attached hydrogen (secondary N) is 2. The van der Waals surface area contributed by atoms with Crippen molar-refractivity contribution in [2.75, 3.05) is 37.8 Å². The molecule has 6 nitrogen and oxygen atoms in total. The number of benzene rings is 1. The number of aromatic nitrogens is 2. The van der Waals surface area contributed by atoms with E-state index in [2.05, 4.69) is 20.6 Å². The topological polar surface area (TPSA) is 70.2 Å². The summed E-state index contributed by atoms with van der Waals surface area (Å²) in [5, 5.41) is 5.08. The van der Waals surface area contributed by atoms with Gasteiger partial charge in [-0.25, -0.2) is 9.97 Å². The Morgan fingerprint density at radius 2 is 2.00 bits per heavy atom. The van der Waals surface area contributed by atoms with Crippen molar-refractivity contribution in [3.8, 4) is 0 Å². The van der Waals surface area contributed by atoms with Gasteiger partial charge >= 0.3 is 6.18 Å². The number of carbonyl (C=O) groups is 1. The molecule has 0 spiro atoms. The van der Waals surface area contributed by atoms with Crippen molar-refractivity contribution in [1.29, 1.82) is 0 Å². The van der Waals surface area contributed by atoms with E-state index in [1.165, 1.54) is 18.3 Å². The van der Waals surface area contributed by atoms with Crippen LogP contribution >= 0.6 is 11.6 Å². The van der Waals surface area contributed by atoms with Gasteiger partial charge in [0.05, 0.1) is 11.3 Å². The number of amides is 1. The zero-order valence-corrected chi connectivity index (χ0v) is 14.8. The van der Waals surface area contributed by atoms with Crippen molar-refractivity contribution in [2.45, 2.75) is 6.18 Å². The highest BCUT2D eigenvalue weighted by molar-refractivity contribution is 6.30. The summed E-state index contributed by atoms with van der Waals surface area (Å²) in [6.45, 7) is 1.27. The normalized spacial score (nSPS) is 11.5. The lowest BCUT2D eigenvalue weighted by Crippen LogP contribution is -2.22. The summed E-state index contributed by atoms with van der Waals surface area (Å²) in [5.74, 6) is -0.567. The van der Waals surface area contributed by atoms with Gasteiger partial charge in [0.15, 0.2) is 0 Å². The number of alkyl halides is 3. The van der Waals surface area contributed by atoms with E-state index in [0.29, 0.717) is 6.54 Å². The van der Waals surface area contributed by atoms with Crippen LogP contribution in [0, 0.1) is 0 Å². The fraction of sp³-hybridized carbons (Fsp3) is 0.312. The smallest absolute Gasteiger partial charge is 0.353 e. The molecule has 0 aliphatic heterocycles. The number of hydrogen-bond acceptors (Lipinski definition) is 5. The maximum Gasteiger partial charge on any atom is 0.418 e. The molecule has 1 aromatic carbocycles. The maximum absolute atomic E-state index is 13.1. The van der Waals surface area contributed by atoms with Crippen LogP contribution in [0.1, 0.15) is 16.1 Å². The molecular formula is C16H17ClF3N5O. The fourth-order valence-corrected chi connectivity index (χ4v) is 2.18. The Balaban J connectivity index is 2.16. The van der Waals surface area contributed by atoms with Crippen LogP contribution in [0.3, 0.4) is 0 Å². The highest BCUT2D eigenvalue weighted by atomic mass is 35.5. The predicted octanol–water partition coefficient (Wildman–Crippen LogP) is 3.37. The van der Waals surface area contributed by atoms with Crippen LogP contribution in [0.5, 0.6) is 0 Å². The molecule has 26 heavy (non-hydrogen) atoms. The lowest BCUT2D eigenvalue weighted by Gasteiger charge is -2.14. The molecule has 0 radical (unpaired) electrons. The quantitative estimate of drug-likeness (QED) is 0.795. The van der Waals surface area contributed by atoms with Crippen molar-refractivity contribution in [1.82, 2.24) is 14.9 Å². The molecule has 140 valence electrons. The van der Waals surface area contributed by atoms with E-state index in [9.17, 15) is 18.0 Å². The van der Waals surface area contributed by atoms with Crippen LogP contribution in [0.25, 0.3) is 0 Å². The van der Waals surface area contributed by atoms with Crippen molar-refractivity contribution in [3.05, 3.63) is 46.7 Å². The Kier molecular flexibility index (Phi) is 6.38. The van der Waals surface area contributed by atoms with E-state index < -0.39 is 23.3 Å². The van der Waals surface area contributed by atoms with Gasteiger partial charge in [-0.3, -0.25) is 4.79 Å². The van der Waals surface area contributed by atoms with E-state index in [0.717, 1.165) is 18.7 Å². The lowest BCUT2D eigenvalue weighted by molar-refractivity contribution is -0.136. The molecule has 10 heteroatoms. The van der Waals surface area contributed by atoms with E-state index >= 15 is 0 Å². The van der Waals surface area contributed by atoms with Gasteiger partial charge in [0, 0.05) is 24.3 Å². The van der Waals surface area contributed by atoms with Crippen LogP contribution in [-0.4, -0.2) is 48.0 Å². The molecular weight excluding hydrogens is 371 g/mol. The first-order valence-electron chi connectivity index (χ1n) is 7.56. The molecule has 1 heterocycles. The van der Waals surface area contributed by atoms with Crippen LogP contribution in [-0.2, 0) is 6.18 Å². The van der Waals surface area contributed by atoms with Gasteiger partial charge in [0.1, 0.15) is 5.69 Å². The maximum atomic E-state index is 13.1. The Bertz CT molecular complexity index is 783. The largest absolute Gasteiger partial charge is 0.418 e. The van der Waals surface area contributed by atoms with Crippen LogP contribution in [0.4, 0.5) is 24.8 Å². The molecule has 0 saturated heterocycles. The summed E-state index contributed by atoms with van der Waals surface area (Å²) in [4.78, 5) is 22.2. The van der Waals surface area contributed by atoms with Crippen LogP contribution < -0.4 is 10.6 Å². The second kappa shape index (κ2) is 8.33. The number of hydrogen-bond donors (Lipinski definition) is 2. The molecule has 0 fully saturated rings. The first kappa shape index (κ1) is 19.9. The standard InChI is InChI=1S/C16H17ClF3N5O/c1-25(2)8-7-22-15-21-6-5-13(24-15)14(26)23-12-4-3-10(17)9-11(12)16(18,19)20/h3-6,9H,7-8H2,1-2H3,(H,23,26)(H,21,22,24). The molecule has 0 atom stereocenters. The van der Waals surface area contributed by atoms with Gasteiger partial charge in [-0.1, -0.05) is 11.6 Å². The average molecular weight is 388 g/mol. The van der Waals surface area contributed by atoms with Gasteiger partial charge in [-0.2, -0.15) is 13.2 Å². The van der Waals surface area contributed by atoms with Gasteiger partial charge in [0.2, 0.25) is 5.95 Å². The van der Waals surface area contributed by atoms with Crippen LogP contribution in [0.2, 0.25) is 5.02 Å². The molecule has 0 unspecified atom stereocenters. The molecule has 1 aromatic heterocycles. The summed E-state index contributed by atoms with van der Waals surface area (Å²) >= 11 is 5.62. The third kappa shape index (κ3) is 5.57. The third-order valence-corrected chi connectivity index (χ3v) is 3.50. The monoisotopic (exact) mass is 387 g/mol. The van der Waals surface area contributed by atoms with Crippen molar-refractivity contribution < 1.29 is 18.0 Å². The SMILES string of the molecule is CN(C)CCNc1nccc(C(=O)Nc2ccc(Cl)cc2C(F)(F)F)n1. The Hall–Kier alpha value is -2.39. The van der Waals surface area contributed by atoms with Crippen molar-refractivity contribution in [3.63, 3.8) is 0 Å². The summed E-state index contributed by atoms with van der Waals surface area (Å²) in [5.41, 5.74) is -1.49. The molecule has 2 aromatic rings. The van der Waals surface area contributed by atoms with Crippen molar-refractivity contribution in [2.24, 2.45) is 0 Å². The van der Waals surface area contributed by atoms with Gasteiger partial charge in [-0.15, -0.1) is 0 Å². The molecule has 0 bridgehead atoms. The molecule has 2 rings (SSSR count). The second-order valence-electron chi connectivity index (χ2n) is 5.64. The Morgan fingerprint density at radius 1 is 1.27 bits per heavy atom. The highest BCUT2D eigenvalue weighted by Gasteiger charge is 2.34. The molecule has 0 aliphatic rings. The molecule has 0 aliphatic carbocycles. The second-order valence-corrected chi connectivity index (χ2v) is 6.07. The van der Waals surface area contributed by atoms with Gasteiger partial charge in [0.25, 0.3) is 5.91 Å². The number of halogens is 4. The first-order valence-corrected chi connectivity index (χ1v) is 7.94.